The minimum absolute atomic E-state index is 0.0993. The molecule has 7 heteroatoms. The number of pyridine rings is 2. The number of rotatable bonds is 3. The summed E-state index contributed by atoms with van der Waals surface area (Å²) < 4.78 is 28.8. The molecule has 0 radical (unpaired) electrons. The smallest absolute Gasteiger partial charge is 0.133 e. The number of halogens is 4. The summed E-state index contributed by atoms with van der Waals surface area (Å²) in [5, 5.41) is 1.63. The number of benzene rings is 2. The molecule has 186 valence electrons. The molecule has 0 N–H and O–H groups in total. The number of hydrogen-bond donors (Lipinski definition) is 0. The van der Waals surface area contributed by atoms with Gasteiger partial charge in [0.05, 0.1) is 21.3 Å². The maximum absolute atomic E-state index is 15.0. The van der Waals surface area contributed by atoms with E-state index in [1.165, 1.54) is 12.1 Å². The van der Waals surface area contributed by atoms with E-state index >= 15 is 4.39 Å². The van der Waals surface area contributed by atoms with Crippen molar-refractivity contribution < 1.29 is 8.78 Å². The van der Waals surface area contributed by atoms with Gasteiger partial charge in [-0.1, -0.05) is 29.3 Å². The Kier molecular flexibility index (Phi) is 6.75. The Hall–Kier alpha value is -2.60. The van der Waals surface area contributed by atoms with Gasteiger partial charge in [0, 0.05) is 45.9 Å². The summed E-state index contributed by atoms with van der Waals surface area (Å²) in [6, 6.07) is 12.7. The van der Waals surface area contributed by atoms with E-state index in [4.69, 9.17) is 28.2 Å². The van der Waals surface area contributed by atoms with Crippen molar-refractivity contribution in [1.82, 2.24) is 14.9 Å². The first-order valence-corrected chi connectivity index (χ1v) is 12.8. The van der Waals surface area contributed by atoms with Gasteiger partial charge in [-0.15, -0.1) is 0 Å². The van der Waals surface area contributed by atoms with Gasteiger partial charge in [0.15, 0.2) is 0 Å². The van der Waals surface area contributed by atoms with Gasteiger partial charge in [-0.25, -0.2) is 8.78 Å². The number of aromatic nitrogens is 2. The number of fused-ring (bicyclic) bond motifs is 1. The fraction of sp³-hybridized carbons (Fsp3) is 0.310. The molecule has 0 unspecified atom stereocenters. The van der Waals surface area contributed by atoms with Gasteiger partial charge in [0.2, 0.25) is 0 Å². The minimum atomic E-state index is -0.620. The topological polar surface area (TPSA) is 29.0 Å². The molecule has 1 fully saturated rings. The van der Waals surface area contributed by atoms with Gasteiger partial charge < -0.3 is 0 Å². The lowest BCUT2D eigenvalue weighted by Crippen LogP contribution is -2.45. The van der Waals surface area contributed by atoms with Crippen molar-refractivity contribution in [2.75, 3.05) is 13.1 Å². The molecule has 5 rings (SSSR count). The van der Waals surface area contributed by atoms with Gasteiger partial charge in [0.1, 0.15) is 11.6 Å². The third-order valence-corrected chi connectivity index (χ3v) is 7.66. The molecule has 3 heterocycles. The second kappa shape index (κ2) is 9.70. The van der Waals surface area contributed by atoms with Crippen LogP contribution >= 0.6 is 23.2 Å². The Balaban J connectivity index is 1.72. The van der Waals surface area contributed by atoms with Crippen molar-refractivity contribution in [3.63, 3.8) is 0 Å². The van der Waals surface area contributed by atoms with Gasteiger partial charge in [-0.3, -0.25) is 14.9 Å². The molecule has 2 aromatic carbocycles. The molecule has 0 amide bonds. The maximum atomic E-state index is 15.0. The zero-order chi connectivity index (χ0) is 25.6. The lowest BCUT2D eigenvalue weighted by molar-refractivity contribution is 0.102. The van der Waals surface area contributed by atoms with E-state index in [0.29, 0.717) is 43.3 Å². The van der Waals surface area contributed by atoms with Crippen molar-refractivity contribution in [2.24, 2.45) is 0 Å². The van der Waals surface area contributed by atoms with Crippen LogP contribution in [0, 0.1) is 11.6 Å². The standard InChI is InChI=1S/C29H27Cl2F2N3/c1-29(2,3)36-13-10-17(11-14-36)25-16-21(19-8-7-18(32)15-24(19)33)20-9-12-34-28(27(20)35-25)26-22(30)5-4-6-23(26)31/h4-9,12,15-17H,10-11,13-14H2,1-3H3. The molecular weight excluding hydrogens is 499 g/mol. The summed E-state index contributed by atoms with van der Waals surface area (Å²) in [6.07, 6.45) is 3.51. The zero-order valence-electron chi connectivity index (χ0n) is 20.5. The predicted molar refractivity (Wildman–Crippen MR) is 144 cm³/mol. The van der Waals surface area contributed by atoms with E-state index in [0.717, 1.165) is 37.7 Å². The molecule has 0 spiro atoms. The Morgan fingerprint density at radius 2 is 1.61 bits per heavy atom. The Morgan fingerprint density at radius 3 is 2.25 bits per heavy atom. The van der Waals surface area contributed by atoms with Crippen LogP contribution in [0.15, 0.2) is 54.7 Å². The predicted octanol–water partition coefficient (Wildman–Crippen LogP) is 8.53. The highest BCUT2D eigenvalue weighted by Crippen LogP contribution is 2.41. The summed E-state index contributed by atoms with van der Waals surface area (Å²) in [5.41, 5.74) is 3.67. The Morgan fingerprint density at radius 1 is 0.917 bits per heavy atom. The van der Waals surface area contributed by atoms with Gasteiger partial charge >= 0.3 is 0 Å². The van der Waals surface area contributed by atoms with Gasteiger partial charge in [-0.2, -0.15) is 0 Å². The van der Waals surface area contributed by atoms with Gasteiger partial charge in [0.25, 0.3) is 0 Å². The fourth-order valence-electron chi connectivity index (χ4n) is 5.06. The molecular formula is C29H27Cl2F2N3. The number of piperidine rings is 1. The van der Waals surface area contributed by atoms with Crippen LogP contribution in [0.1, 0.15) is 45.2 Å². The van der Waals surface area contributed by atoms with E-state index in [-0.39, 0.29) is 11.5 Å². The summed E-state index contributed by atoms with van der Waals surface area (Å²) >= 11 is 13.1. The molecule has 1 aliphatic heterocycles. The summed E-state index contributed by atoms with van der Waals surface area (Å²) in [7, 11) is 0. The highest BCUT2D eigenvalue weighted by Gasteiger charge is 2.29. The first kappa shape index (κ1) is 25.1. The largest absolute Gasteiger partial charge is 0.298 e. The van der Waals surface area contributed by atoms with Crippen molar-refractivity contribution in [3.05, 3.63) is 82.1 Å². The van der Waals surface area contributed by atoms with E-state index in [1.807, 2.05) is 6.07 Å². The normalized spacial score (nSPS) is 15.5. The molecule has 1 saturated heterocycles. The first-order valence-electron chi connectivity index (χ1n) is 12.1. The van der Waals surface area contributed by atoms with Crippen molar-refractivity contribution >= 4 is 34.1 Å². The van der Waals surface area contributed by atoms with E-state index in [2.05, 4.69) is 30.7 Å². The molecule has 0 aliphatic carbocycles. The molecule has 4 aromatic rings. The van der Waals surface area contributed by atoms with Crippen LogP contribution in [0.2, 0.25) is 10.0 Å². The summed E-state index contributed by atoms with van der Waals surface area (Å²) in [6.45, 7) is 8.57. The van der Waals surface area contributed by atoms with Crippen molar-refractivity contribution in [3.8, 4) is 22.4 Å². The quantitative estimate of drug-likeness (QED) is 0.268. The Bertz CT molecular complexity index is 1420. The minimum Gasteiger partial charge on any atom is -0.298 e. The van der Waals surface area contributed by atoms with Crippen LogP contribution in [-0.2, 0) is 0 Å². The third kappa shape index (κ3) is 4.72. The first-order chi connectivity index (χ1) is 17.1. The van der Waals surface area contributed by atoms with Crippen LogP contribution in [0.4, 0.5) is 8.78 Å². The van der Waals surface area contributed by atoms with E-state index in [1.54, 1.807) is 30.5 Å². The zero-order valence-corrected chi connectivity index (χ0v) is 22.0. The lowest BCUT2D eigenvalue weighted by Gasteiger charge is -2.40. The van der Waals surface area contributed by atoms with Crippen LogP contribution in [0.25, 0.3) is 33.3 Å². The number of likely N-dealkylation sites (tertiary alicyclic amines) is 1. The second-order valence-electron chi connectivity index (χ2n) is 10.3. The van der Waals surface area contributed by atoms with Crippen molar-refractivity contribution in [2.45, 2.75) is 45.1 Å². The molecule has 2 aromatic heterocycles. The number of nitrogens with zero attached hydrogens (tertiary/aromatic N) is 3. The van der Waals surface area contributed by atoms with Crippen LogP contribution in [-0.4, -0.2) is 33.5 Å². The van der Waals surface area contributed by atoms with Crippen LogP contribution in [0.5, 0.6) is 0 Å². The molecule has 0 bridgehead atoms. The Labute approximate surface area is 220 Å². The summed E-state index contributed by atoms with van der Waals surface area (Å²) in [4.78, 5) is 12.2. The highest BCUT2D eigenvalue weighted by molar-refractivity contribution is 6.39. The van der Waals surface area contributed by atoms with Gasteiger partial charge in [-0.05, 0) is 88.7 Å². The van der Waals surface area contributed by atoms with E-state index in [9.17, 15) is 4.39 Å². The molecule has 0 atom stereocenters. The SMILES string of the molecule is CC(C)(C)N1CCC(c2cc(-c3ccc(F)cc3F)c3ccnc(-c4c(Cl)cccc4Cl)c3n2)CC1. The van der Waals surface area contributed by atoms with E-state index < -0.39 is 11.6 Å². The average Bonchev–Trinajstić information content (AvgIpc) is 2.83. The second-order valence-corrected chi connectivity index (χ2v) is 11.1. The average molecular weight is 526 g/mol. The monoisotopic (exact) mass is 525 g/mol. The fourth-order valence-corrected chi connectivity index (χ4v) is 5.64. The highest BCUT2D eigenvalue weighted by atomic mass is 35.5. The van der Waals surface area contributed by atoms with Crippen LogP contribution in [0.3, 0.4) is 0 Å². The van der Waals surface area contributed by atoms with Crippen molar-refractivity contribution in [1.29, 1.82) is 0 Å². The molecule has 1 aliphatic rings. The third-order valence-electron chi connectivity index (χ3n) is 7.03. The molecule has 3 nitrogen and oxygen atoms in total. The maximum Gasteiger partial charge on any atom is 0.133 e. The number of hydrogen-bond acceptors (Lipinski definition) is 3. The molecule has 0 saturated carbocycles. The van der Waals surface area contributed by atoms with Crippen LogP contribution < -0.4 is 0 Å². The summed E-state index contributed by atoms with van der Waals surface area (Å²) in [5.74, 6) is -1.04. The lowest BCUT2D eigenvalue weighted by atomic mass is 9.88. The molecule has 36 heavy (non-hydrogen) atoms.